The van der Waals surface area contributed by atoms with Crippen molar-refractivity contribution in [3.05, 3.63) is 0 Å². The zero-order valence-electron chi connectivity index (χ0n) is 10.7. The van der Waals surface area contributed by atoms with Crippen LogP contribution in [0.25, 0.3) is 0 Å². The third-order valence-electron chi connectivity index (χ3n) is 4.12. The summed E-state index contributed by atoms with van der Waals surface area (Å²) in [5.41, 5.74) is 0. The van der Waals surface area contributed by atoms with Crippen molar-refractivity contribution in [3.63, 3.8) is 0 Å². The number of hydrogen-bond acceptors (Lipinski definition) is 3. The van der Waals surface area contributed by atoms with Gasteiger partial charge in [0.1, 0.15) is 0 Å². The molecule has 1 aliphatic carbocycles. The van der Waals surface area contributed by atoms with E-state index >= 15 is 0 Å². The van der Waals surface area contributed by atoms with E-state index in [4.69, 9.17) is 0 Å². The molecule has 4 nitrogen and oxygen atoms in total. The Bertz CT molecular complexity index is 336. The van der Waals surface area contributed by atoms with Crippen LogP contribution in [0.15, 0.2) is 0 Å². The topological polar surface area (TPSA) is 49.4 Å². The standard InChI is InChI=1S/C12H24N2O2S/c1-13-12-7-8-14(9-12)17(15,16)10-11-5-3-2-4-6-11/h11-13H,2-10H2,1H3. The maximum Gasteiger partial charge on any atom is 0.214 e. The van der Waals surface area contributed by atoms with Crippen molar-refractivity contribution in [1.29, 1.82) is 0 Å². The van der Waals surface area contributed by atoms with Gasteiger partial charge in [-0.25, -0.2) is 12.7 Å². The van der Waals surface area contributed by atoms with Crippen molar-refractivity contribution in [1.82, 2.24) is 9.62 Å². The normalized spacial score (nSPS) is 28.6. The fourth-order valence-corrected chi connectivity index (χ4v) is 4.90. The highest BCUT2D eigenvalue weighted by Gasteiger charge is 2.32. The number of likely N-dealkylation sites (N-methyl/N-ethyl adjacent to an activating group) is 1. The van der Waals surface area contributed by atoms with E-state index in [1.54, 1.807) is 4.31 Å². The molecule has 1 saturated heterocycles. The summed E-state index contributed by atoms with van der Waals surface area (Å²) in [7, 11) is -1.10. The Morgan fingerprint density at radius 2 is 1.88 bits per heavy atom. The van der Waals surface area contributed by atoms with E-state index in [1.165, 1.54) is 19.3 Å². The molecule has 0 aromatic heterocycles. The highest BCUT2D eigenvalue weighted by molar-refractivity contribution is 7.89. The van der Waals surface area contributed by atoms with E-state index in [2.05, 4.69) is 5.32 Å². The lowest BCUT2D eigenvalue weighted by Gasteiger charge is -2.24. The van der Waals surface area contributed by atoms with Crippen molar-refractivity contribution in [2.45, 2.75) is 44.6 Å². The first-order valence-corrected chi connectivity index (χ1v) is 8.38. The van der Waals surface area contributed by atoms with Gasteiger partial charge in [0, 0.05) is 19.1 Å². The molecule has 1 heterocycles. The SMILES string of the molecule is CNC1CCN(S(=O)(=O)CC2CCCCC2)C1. The summed E-state index contributed by atoms with van der Waals surface area (Å²) in [6.45, 7) is 1.35. The fourth-order valence-electron chi connectivity index (χ4n) is 2.97. The summed E-state index contributed by atoms with van der Waals surface area (Å²) in [4.78, 5) is 0. The molecule has 1 unspecified atom stereocenters. The van der Waals surface area contributed by atoms with Crippen LogP contribution in [0.2, 0.25) is 0 Å². The average Bonchev–Trinajstić information content (AvgIpc) is 2.79. The third-order valence-corrected chi connectivity index (χ3v) is 6.13. The summed E-state index contributed by atoms with van der Waals surface area (Å²) >= 11 is 0. The van der Waals surface area contributed by atoms with Crippen LogP contribution >= 0.6 is 0 Å². The van der Waals surface area contributed by atoms with Crippen LogP contribution in [-0.2, 0) is 10.0 Å². The lowest BCUT2D eigenvalue weighted by atomic mass is 9.91. The Morgan fingerprint density at radius 1 is 1.18 bits per heavy atom. The summed E-state index contributed by atoms with van der Waals surface area (Å²) in [5.74, 6) is 0.783. The molecule has 0 aromatic rings. The number of rotatable bonds is 4. The minimum Gasteiger partial charge on any atom is -0.316 e. The van der Waals surface area contributed by atoms with Crippen molar-refractivity contribution in [2.75, 3.05) is 25.9 Å². The highest BCUT2D eigenvalue weighted by atomic mass is 32.2. The first-order chi connectivity index (χ1) is 8.12. The molecule has 0 radical (unpaired) electrons. The lowest BCUT2D eigenvalue weighted by Crippen LogP contribution is -2.36. The second-order valence-electron chi connectivity index (χ2n) is 5.41. The predicted molar refractivity (Wildman–Crippen MR) is 69.4 cm³/mol. The number of hydrogen-bond donors (Lipinski definition) is 1. The zero-order valence-corrected chi connectivity index (χ0v) is 11.5. The smallest absolute Gasteiger partial charge is 0.214 e. The molecule has 5 heteroatoms. The van der Waals surface area contributed by atoms with E-state index in [0.29, 0.717) is 30.8 Å². The molecule has 1 atom stereocenters. The molecule has 2 fully saturated rings. The van der Waals surface area contributed by atoms with Gasteiger partial charge in [-0.15, -0.1) is 0 Å². The van der Waals surface area contributed by atoms with E-state index in [0.717, 1.165) is 19.3 Å². The molecule has 1 aliphatic heterocycles. The van der Waals surface area contributed by atoms with Gasteiger partial charge in [-0.1, -0.05) is 19.3 Å². The quantitative estimate of drug-likeness (QED) is 0.826. The minimum atomic E-state index is -3.01. The van der Waals surface area contributed by atoms with Crippen LogP contribution in [0.3, 0.4) is 0 Å². The minimum absolute atomic E-state index is 0.344. The van der Waals surface area contributed by atoms with Crippen LogP contribution in [0, 0.1) is 5.92 Å². The van der Waals surface area contributed by atoms with Gasteiger partial charge < -0.3 is 5.32 Å². The van der Waals surface area contributed by atoms with Crippen LogP contribution in [0.5, 0.6) is 0 Å². The maximum atomic E-state index is 12.3. The highest BCUT2D eigenvalue weighted by Crippen LogP contribution is 2.26. The Labute approximate surface area is 105 Å². The lowest BCUT2D eigenvalue weighted by molar-refractivity contribution is 0.375. The van der Waals surface area contributed by atoms with Crippen molar-refractivity contribution >= 4 is 10.0 Å². The first kappa shape index (κ1) is 13.3. The average molecular weight is 260 g/mol. The Morgan fingerprint density at radius 3 is 2.47 bits per heavy atom. The van der Waals surface area contributed by atoms with Crippen molar-refractivity contribution < 1.29 is 8.42 Å². The van der Waals surface area contributed by atoms with Gasteiger partial charge in [-0.3, -0.25) is 0 Å². The molecule has 2 rings (SSSR count). The van der Waals surface area contributed by atoms with Gasteiger partial charge in [-0.05, 0) is 32.2 Å². The Hall–Kier alpha value is -0.130. The van der Waals surface area contributed by atoms with Gasteiger partial charge in [-0.2, -0.15) is 0 Å². The number of nitrogens with one attached hydrogen (secondary N) is 1. The molecule has 1 N–H and O–H groups in total. The summed E-state index contributed by atoms with van der Waals surface area (Å²) in [6, 6.07) is 0.344. The first-order valence-electron chi connectivity index (χ1n) is 6.77. The van der Waals surface area contributed by atoms with Gasteiger partial charge in [0.05, 0.1) is 5.75 Å². The molecule has 0 spiro atoms. The van der Waals surface area contributed by atoms with Crippen molar-refractivity contribution in [3.8, 4) is 0 Å². The molecular weight excluding hydrogens is 236 g/mol. The molecule has 100 valence electrons. The predicted octanol–water partition coefficient (Wildman–Crippen LogP) is 1.19. The molecule has 0 bridgehead atoms. The zero-order chi connectivity index (χ0) is 12.3. The second-order valence-corrected chi connectivity index (χ2v) is 7.43. The number of sulfonamides is 1. The van der Waals surface area contributed by atoms with Crippen LogP contribution < -0.4 is 5.32 Å². The molecule has 0 amide bonds. The third kappa shape index (κ3) is 3.42. The van der Waals surface area contributed by atoms with E-state index in [1.807, 2.05) is 7.05 Å². The van der Waals surface area contributed by atoms with E-state index < -0.39 is 10.0 Å². The van der Waals surface area contributed by atoms with Crippen molar-refractivity contribution in [2.24, 2.45) is 5.92 Å². The summed E-state index contributed by atoms with van der Waals surface area (Å²) in [5, 5.41) is 3.16. The maximum absolute atomic E-state index is 12.3. The number of nitrogens with zero attached hydrogens (tertiary/aromatic N) is 1. The van der Waals surface area contributed by atoms with Crippen LogP contribution in [0.1, 0.15) is 38.5 Å². The van der Waals surface area contributed by atoms with E-state index in [-0.39, 0.29) is 0 Å². The second kappa shape index (κ2) is 5.67. The molecule has 0 aromatic carbocycles. The van der Waals surface area contributed by atoms with Crippen LogP contribution in [0.4, 0.5) is 0 Å². The molecule has 1 saturated carbocycles. The van der Waals surface area contributed by atoms with Crippen LogP contribution in [-0.4, -0.2) is 44.7 Å². The molecular formula is C12H24N2O2S. The van der Waals surface area contributed by atoms with E-state index in [9.17, 15) is 8.42 Å². The molecule has 17 heavy (non-hydrogen) atoms. The Kier molecular flexibility index (Phi) is 4.44. The van der Waals surface area contributed by atoms with Gasteiger partial charge >= 0.3 is 0 Å². The van der Waals surface area contributed by atoms with Gasteiger partial charge in [0.2, 0.25) is 10.0 Å². The molecule has 2 aliphatic rings. The summed E-state index contributed by atoms with van der Waals surface area (Å²) < 4.78 is 26.2. The largest absolute Gasteiger partial charge is 0.316 e. The Balaban J connectivity index is 1.90. The monoisotopic (exact) mass is 260 g/mol. The fraction of sp³-hybridized carbons (Fsp3) is 1.00. The van der Waals surface area contributed by atoms with Gasteiger partial charge in [0.15, 0.2) is 0 Å². The summed E-state index contributed by atoms with van der Waals surface area (Å²) in [6.07, 6.45) is 6.84. The van der Waals surface area contributed by atoms with Gasteiger partial charge in [0.25, 0.3) is 0 Å².